The van der Waals surface area contributed by atoms with E-state index < -0.39 is 5.97 Å². The fraction of sp³-hybridized carbons (Fsp3) is 0.0909. The summed E-state index contributed by atoms with van der Waals surface area (Å²) in [7, 11) is 0. The summed E-state index contributed by atoms with van der Waals surface area (Å²) in [6.45, 7) is 1.74. The Morgan fingerprint density at radius 3 is 2.87 bits per heavy atom. The van der Waals surface area contributed by atoms with E-state index >= 15 is 0 Å². The van der Waals surface area contributed by atoms with Crippen molar-refractivity contribution < 1.29 is 9.63 Å². The lowest BCUT2D eigenvalue weighted by Gasteiger charge is -1.96. The molecular formula is C11H8BrNO2. The van der Waals surface area contributed by atoms with E-state index in [9.17, 15) is 4.79 Å². The van der Waals surface area contributed by atoms with Crippen LogP contribution in [0.2, 0.25) is 0 Å². The van der Waals surface area contributed by atoms with Gasteiger partial charge in [-0.2, -0.15) is 0 Å². The molecule has 0 aliphatic carbocycles. The van der Waals surface area contributed by atoms with E-state index in [0.717, 1.165) is 10.0 Å². The first-order chi connectivity index (χ1) is 7.16. The van der Waals surface area contributed by atoms with Gasteiger partial charge in [0.1, 0.15) is 0 Å². The van der Waals surface area contributed by atoms with Gasteiger partial charge in [0, 0.05) is 4.47 Å². The van der Waals surface area contributed by atoms with Gasteiger partial charge in [-0.25, -0.2) is 4.79 Å². The topological polar surface area (TPSA) is 38.7 Å². The number of benzene rings is 1. The van der Waals surface area contributed by atoms with Crippen molar-refractivity contribution in [3.05, 3.63) is 39.9 Å². The van der Waals surface area contributed by atoms with Crippen LogP contribution in [0, 0.1) is 0 Å². The fourth-order valence-electron chi connectivity index (χ4n) is 1.28. The molecule has 1 aromatic rings. The molecule has 0 radical (unpaired) electrons. The summed E-state index contributed by atoms with van der Waals surface area (Å²) in [5.41, 5.74) is 2.06. The van der Waals surface area contributed by atoms with E-state index in [1.54, 1.807) is 13.0 Å². The third-order valence-corrected chi connectivity index (χ3v) is 2.53. The lowest BCUT2D eigenvalue weighted by molar-refractivity contribution is -0.136. The van der Waals surface area contributed by atoms with Crippen LogP contribution in [0.1, 0.15) is 12.5 Å². The molecule has 1 aliphatic rings. The highest BCUT2D eigenvalue weighted by Crippen LogP contribution is 2.18. The molecule has 0 amide bonds. The molecule has 2 rings (SSSR count). The summed E-state index contributed by atoms with van der Waals surface area (Å²) in [4.78, 5) is 15.8. The maximum atomic E-state index is 11.3. The largest absolute Gasteiger partial charge is 0.367 e. The summed E-state index contributed by atoms with van der Waals surface area (Å²) in [5.74, 6) is -0.396. The van der Waals surface area contributed by atoms with Crippen LogP contribution >= 0.6 is 15.9 Å². The SMILES string of the molecule is CC1=NOC(=O)/C1=C/c1cccc(Br)c1. The van der Waals surface area contributed by atoms with E-state index in [4.69, 9.17) is 0 Å². The first-order valence-electron chi connectivity index (χ1n) is 4.40. The van der Waals surface area contributed by atoms with Crippen molar-refractivity contribution in [2.24, 2.45) is 5.16 Å². The predicted molar refractivity (Wildman–Crippen MR) is 61.3 cm³/mol. The van der Waals surface area contributed by atoms with E-state index in [-0.39, 0.29) is 0 Å². The monoisotopic (exact) mass is 265 g/mol. The first-order valence-corrected chi connectivity index (χ1v) is 5.20. The molecule has 1 aromatic carbocycles. The van der Waals surface area contributed by atoms with Crippen LogP contribution in [0.25, 0.3) is 6.08 Å². The normalized spacial score (nSPS) is 17.9. The van der Waals surface area contributed by atoms with E-state index in [2.05, 4.69) is 25.9 Å². The molecule has 76 valence electrons. The number of hydrogen-bond acceptors (Lipinski definition) is 3. The quantitative estimate of drug-likeness (QED) is 0.579. The third kappa shape index (κ3) is 2.15. The van der Waals surface area contributed by atoms with Gasteiger partial charge in [0.15, 0.2) is 0 Å². The van der Waals surface area contributed by atoms with Crippen LogP contribution in [0.5, 0.6) is 0 Å². The van der Waals surface area contributed by atoms with Gasteiger partial charge >= 0.3 is 5.97 Å². The Balaban J connectivity index is 2.38. The standard InChI is InChI=1S/C11H8BrNO2/c1-7-10(11(14)15-13-7)6-8-3-2-4-9(12)5-8/h2-6H,1H3/b10-6+. The number of halogens is 1. The highest BCUT2D eigenvalue weighted by molar-refractivity contribution is 9.10. The minimum absolute atomic E-state index is 0.396. The third-order valence-electron chi connectivity index (χ3n) is 2.03. The van der Waals surface area contributed by atoms with Crippen LogP contribution < -0.4 is 0 Å². The molecule has 0 bridgehead atoms. The number of carbonyl (C=O) groups excluding carboxylic acids is 1. The van der Waals surface area contributed by atoms with Crippen LogP contribution in [0.15, 0.2) is 39.5 Å². The van der Waals surface area contributed by atoms with Crippen molar-refractivity contribution in [3.8, 4) is 0 Å². The summed E-state index contributed by atoms with van der Waals surface area (Å²) >= 11 is 3.37. The second kappa shape index (κ2) is 3.98. The van der Waals surface area contributed by atoms with Crippen LogP contribution in [-0.2, 0) is 9.63 Å². The average Bonchev–Trinajstić information content (AvgIpc) is 2.50. The molecule has 0 atom stereocenters. The Kier molecular flexibility index (Phi) is 2.68. The average molecular weight is 266 g/mol. The first kappa shape index (κ1) is 10.1. The molecule has 4 heteroatoms. The lowest BCUT2D eigenvalue weighted by Crippen LogP contribution is -2.01. The van der Waals surface area contributed by atoms with E-state index in [1.807, 2.05) is 24.3 Å². The van der Waals surface area contributed by atoms with Crippen molar-refractivity contribution >= 4 is 33.7 Å². The predicted octanol–water partition coefficient (Wildman–Crippen LogP) is 2.77. The molecule has 0 unspecified atom stereocenters. The smallest absolute Gasteiger partial charge is 0.312 e. The van der Waals surface area contributed by atoms with Crippen molar-refractivity contribution in [2.75, 3.05) is 0 Å². The second-order valence-corrected chi connectivity index (χ2v) is 4.08. The van der Waals surface area contributed by atoms with Gasteiger partial charge in [-0.1, -0.05) is 33.2 Å². The number of hydrogen-bond donors (Lipinski definition) is 0. The van der Waals surface area contributed by atoms with E-state index in [1.165, 1.54) is 0 Å². The number of carbonyl (C=O) groups is 1. The van der Waals surface area contributed by atoms with E-state index in [0.29, 0.717) is 11.3 Å². The summed E-state index contributed by atoms with van der Waals surface area (Å²) in [5, 5.41) is 3.60. The van der Waals surface area contributed by atoms with Gasteiger partial charge in [-0.3, -0.25) is 0 Å². The summed E-state index contributed by atoms with van der Waals surface area (Å²) in [6.07, 6.45) is 1.76. The Morgan fingerprint density at radius 2 is 2.27 bits per heavy atom. The second-order valence-electron chi connectivity index (χ2n) is 3.17. The summed E-state index contributed by atoms with van der Waals surface area (Å²) < 4.78 is 0.970. The van der Waals surface area contributed by atoms with Crippen molar-refractivity contribution in [1.29, 1.82) is 0 Å². The Hall–Kier alpha value is -1.42. The van der Waals surface area contributed by atoms with Crippen molar-refractivity contribution in [3.63, 3.8) is 0 Å². The molecule has 0 spiro atoms. The van der Waals surface area contributed by atoms with Crippen LogP contribution in [0.4, 0.5) is 0 Å². The van der Waals surface area contributed by atoms with Crippen molar-refractivity contribution in [2.45, 2.75) is 6.92 Å². The minimum Gasteiger partial charge on any atom is -0.312 e. The molecule has 0 saturated carbocycles. The van der Waals surface area contributed by atoms with Gasteiger partial charge in [-0.15, -0.1) is 0 Å². The molecule has 3 nitrogen and oxygen atoms in total. The molecule has 0 aromatic heterocycles. The molecule has 0 saturated heterocycles. The molecule has 0 fully saturated rings. The Bertz CT molecular complexity index is 477. The van der Waals surface area contributed by atoms with Gasteiger partial charge in [0.25, 0.3) is 0 Å². The van der Waals surface area contributed by atoms with Crippen molar-refractivity contribution in [1.82, 2.24) is 0 Å². The lowest BCUT2D eigenvalue weighted by atomic mass is 10.1. The number of oxime groups is 1. The highest BCUT2D eigenvalue weighted by atomic mass is 79.9. The molecular weight excluding hydrogens is 258 g/mol. The fourth-order valence-corrected chi connectivity index (χ4v) is 1.70. The Labute approximate surface area is 95.6 Å². The van der Waals surface area contributed by atoms with Gasteiger partial charge in [0.05, 0.1) is 11.3 Å². The molecule has 1 aliphatic heterocycles. The van der Waals surface area contributed by atoms with Gasteiger partial charge in [0.2, 0.25) is 0 Å². The zero-order valence-corrected chi connectivity index (χ0v) is 9.61. The summed E-state index contributed by atoms with van der Waals surface area (Å²) in [6, 6.07) is 7.67. The van der Waals surface area contributed by atoms with Crippen LogP contribution in [-0.4, -0.2) is 11.7 Å². The minimum atomic E-state index is -0.396. The van der Waals surface area contributed by atoms with Gasteiger partial charge in [-0.05, 0) is 30.7 Å². The maximum Gasteiger partial charge on any atom is 0.367 e. The van der Waals surface area contributed by atoms with Gasteiger partial charge < -0.3 is 4.84 Å². The molecule has 0 N–H and O–H groups in total. The zero-order chi connectivity index (χ0) is 10.8. The maximum absolute atomic E-state index is 11.3. The number of rotatable bonds is 1. The Morgan fingerprint density at radius 1 is 1.47 bits per heavy atom. The molecule has 15 heavy (non-hydrogen) atoms. The van der Waals surface area contributed by atoms with Crippen LogP contribution in [0.3, 0.4) is 0 Å². The zero-order valence-electron chi connectivity index (χ0n) is 8.03. The number of nitrogens with zero attached hydrogens (tertiary/aromatic N) is 1. The molecule has 1 heterocycles. The highest BCUT2D eigenvalue weighted by Gasteiger charge is 2.21.